The summed E-state index contributed by atoms with van der Waals surface area (Å²) in [4.78, 5) is 14.3. The molecule has 0 spiro atoms. The summed E-state index contributed by atoms with van der Waals surface area (Å²) in [5.74, 6) is -1.06. The predicted molar refractivity (Wildman–Crippen MR) is 42.1 cm³/mol. The van der Waals surface area contributed by atoms with Gasteiger partial charge in [-0.1, -0.05) is 0 Å². The first-order valence-corrected chi connectivity index (χ1v) is 4.15. The van der Waals surface area contributed by atoms with Crippen molar-refractivity contribution in [3.63, 3.8) is 0 Å². The lowest BCUT2D eigenvalue weighted by Gasteiger charge is -2.07. The smallest absolute Gasteiger partial charge is 0.368 e. The Hall–Kier alpha value is -1.36. The van der Waals surface area contributed by atoms with Crippen LogP contribution in [-0.2, 0) is 9.53 Å². The van der Waals surface area contributed by atoms with E-state index in [4.69, 9.17) is 9.84 Å². The molecule has 0 bridgehead atoms. The number of ether oxygens (including phenoxy) is 1. The van der Waals surface area contributed by atoms with E-state index in [0.717, 1.165) is 5.22 Å². The van der Waals surface area contributed by atoms with Crippen molar-refractivity contribution >= 4 is 23.6 Å². The van der Waals surface area contributed by atoms with E-state index in [2.05, 4.69) is 4.99 Å². The van der Waals surface area contributed by atoms with Crippen LogP contribution in [0.5, 0.6) is 0 Å². The van der Waals surface area contributed by atoms with E-state index in [1.54, 1.807) is 0 Å². The Bertz CT molecular complexity index is 422. The molecular formula is C7H5NO3S. The Labute approximate surface area is 71.4 Å². The van der Waals surface area contributed by atoms with Crippen molar-refractivity contribution in [2.75, 3.05) is 0 Å². The molecule has 1 N–H and O–H groups in total. The number of carboxylic acid groups (broad SMARTS) is 1. The minimum atomic E-state index is -1.07. The van der Waals surface area contributed by atoms with Gasteiger partial charge in [-0.05, 0) is 11.4 Å². The lowest BCUT2D eigenvalue weighted by molar-refractivity contribution is -0.145. The van der Waals surface area contributed by atoms with E-state index in [-0.39, 0.29) is 0 Å². The highest BCUT2D eigenvalue weighted by Crippen LogP contribution is 1.98. The SMILES string of the molecule is O=C(O)C1N=c2sccc2=CO1. The fourth-order valence-electron chi connectivity index (χ4n) is 0.894. The summed E-state index contributed by atoms with van der Waals surface area (Å²) < 4.78 is 5.56. The van der Waals surface area contributed by atoms with Crippen LogP contribution in [0, 0.1) is 0 Å². The first-order chi connectivity index (χ1) is 5.77. The second kappa shape index (κ2) is 2.60. The van der Waals surface area contributed by atoms with Crippen LogP contribution >= 0.6 is 11.3 Å². The van der Waals surface area contributed by atoms with E-state index in [1.807, 2.05) is 11.4 Å². The van der Waals surface area contributed by atoms with Gasteiger partial charge in [0.15, 0.2) is 0 Å². The van der Waals surface area contributed by atoms with Crippen LogP contribution in [-0.4, -0.2) is 17.3 Å². The number of rotatable bonds is 1. The van der Waals surface area contributed by atoms with Gasteiger partial charge in [0.1, 0.15) is 4.67 Å². The zero-order valence-corrected chi connectivity index (χ0v) is 6.75. The Morgan fingerprint density at radius 2 is 2.58 bits per heavy atom. The van der Waals surface area contributed by atoms with E-state index < -0.39 is 12.2 Å². The molecule has 4 nitrogen and oxygen atoms in total. The molecule has 1 aromatic heterocycles. The molecule has 0 fully saturated rings. The number of nitrogens with zero attached hydrogens (tertiary/aromatic N) is 1. The number of aliphatic carboxylic acids is 1. The van der Waals surface area contributed by atoms with Crippen molar-refractivity contribution in [1.29, 1.82) is 0 Å². The molecule has 1 unspecified atom stereocenters. The summed E-state index contributed by atoms with van der Waals surface area (Å²) in [6, 6.07) is 1.83. The molecule has 0 radical (unpaired) electrons. The summed E-state index contributed by atoms with van der Waals surface area (Å²) in [7, 11) is 0. The normalized spacial score (nSPS) is 19.8. The van der Waals surface area contributed by atoms with E-state index in [9.17, 15) is 4.79 Å². The first-order valence-electron chi connectivity index (χ1n) is 3.27. The predicted octanol–water partition coefficient (Wildman–Crippen LogP) is -0.453. The molecule has 2 heterocycles. The third kappa shape index (κ3) is 1.08. The number of carbonyl (C=O) groups is 1. The van der Waals surface area contributed by atoms with E-state index in [0.29, 0.717) is 4.67 Å². The van der Waals surface area contributed by atoms with Gasteiger partial charge in [0.2, 0.25) is 0 Å². The van der Waals surface area contributed by atoms with Gasteiger partial charge in [0.05, 0.1) is 6.26 Å². The van der Waals surface area contributed by atoms with Gasteiger partial charge in [-0.3, -0.25) is 0 Å². The summed E-state index contributed by atoms with van der Waals surface area (Å²) in [5.41, 5.74) is 0. The number of thiophene rings is 1. The highest BCUT2D eigenvalue weighted by atomic mass is 32.1. The average Bonchev–Trinajstić information content (AvgIpc) is 2.49. The van der Waals surface area contributed by atoms with Crippen molar-refractivity contribution in [2.45, 2.75) is 6.23 Å². The summed E-state index contributed by atoms with van der Waals surface area (Å²) in [6.45, 7) is 0. The number of carboxylic acids is 1. The number of fused-ring (bicyclic) bond motifs is 1. The van der Waals surface area contributed by atoms with Gasteiger partial charge < -0.3 is 9.84 Å². The maximum atomic E-state index is 10.5. The van der Waals surface area contributed by atoms with Crippen molar-refractivity contribution in [1.82, 2.24) is 0 Å². The molecular weight excluding hydrogens is 178 g/mol. The summed E-state index contributed by atoms with van der Waals surface area (Å²) >= 11 is 1.41. The standard InChI is InChI=1S/C7H5NO3S/c9-7(10)5-8-6-4(3-11-5)1-2-12-6/h1-3,5H,(H,9,10). The monoisotopic (exact) mass is 183 g/mol. The Morgan fingerprint density at radius 3 is 3.33 bits per heavy atom. The summed E-state index contributed by atoms with van der Waals surface area (Å²) in [5, 5.41) is 11.3. The number of hydrogen-bond acceptors (Lipinski definition) is 4. The fraction of sp³-hybridized carbons (Fsp3) is 0.143. The Balaban J connectivity index is 2.52. The van der Waals surface area contributed by atoms with Crippen LogP contribution in [0.4, 0.5) is 0 Å². The van der Waals surface area contributed by atoms with E-state index >= 15 is 0 Å². The molecule has 5 heteroatoms. The third-order valence-electron chi connectivity index (χ3n) is 1.44. The molecule has 62 valence electrons. The van der Waals surface area contributed by atoms with Crippen molar-refractivity contribution in [3.05, 3.63) is 21.3 Å². The molecule has 1 aliphatic heterocycles. The Morgan fingerprint density at radius 1 is 1.75 bits per heavy atom. The molecule has 0 saturated heterocycles. The highest BCUT2D eigenvalue weighted by Gasteiger charge is 2.17. The molecule has 0 amide bonds. The maximum Gasteiger partial charge on any atom is 0.368 e. The van der Waals surface area contributed by atoms with Gasteiger partial charge in [-0.15, -0.1) is 11.3 Å². The van der Waals surface area contributed by atoms with Crippen molar-refractivity contribution < 1.29 is 14.6 Å². The topological polar surface area (TPSA) is 58.9 Å². The maximum absolute atomic E-state index is 10.5. The minimum Gasteiger partial charge on any atom is -0.477 e. The van der Waals surface area contributed by atoms with Crippen LogP contribution in [0.3, 0.4) is 0 Å². The molecule has 1 aromatic rings. The zero-order valence-electron chi connectivity index (χ0n) is 5.93. The zero-order chi connectivity index (χ0) is 8.55. The van der Waals surface area contributed by atoms with E-state index in [1.165, 1.54) is 17.6 Å². The van der Waals surface area contributed by atoms with Crippen LogP contribution in [0.1, 0.15) is 0 Å². The van der Waals surface area contributed by atoms with Crippen LogP contribution < -0.4 is 9.89 Å². The van der Waals surface area contributed by atoms with Crippen molar-refractivity contribution in [3.8, 4) is 0 Å². The largest absolute Gasteiger partial charge is 0.477 e. The van der Waals surface area contributed by atoms with Crippen LogP contribution in [0.25, 0.3) is 6.26 Å². The Kier molecular flexibility index (Phi) is 1.58. The fourth-order valence-corrected chi connectivity index (χ4v) is 1.65. The molecule has 12 heavy (non-hydrogen) atoms. The molecule has 0 aromatic carbocycles. The van der Waals surface area contributed by atoms with Crippen LogP contribution in [0.15, 0.2) is 16.4 Å². The quantitative estimate of drug-likeness (QED) is 0.641. The van der Waals surface area contributed by atoms with Gasteiger partial charge in [0.25, 0.3) is 6.23 Å². The van der Waals surface area contributed by atoms with Gasteiger partial charge >= 0.3 is 5.97 Å². The van der Waals surface area contributed by atoms with Gasteiger partial charge in [-0.25, -0.2) is 9.79 Å². The third-order valence-corrected chi connectivity index (χ3v) is 2.28. The van der Waals surface area contributed by atoms with Crippen molar-refractivity contribution in [2.24, 2.45) is 4.99 Å². The number of hydrogen-bond donors (Lipinski definition) is 1. The average molecular weight is 183 g/mol. The molecule has 1 atom stereocenters. The van der Waals surface area contributed by atoms with Crippen LogP contribution in [0.2, 0.25) is 0 Å². The second-order valence-electron chi connectivity index (χ2n) is 2.25. The molecule has 2 rings (SSSR count). The first kappa shape index (κ1) is 7.30. The molecule has 1 aliphatic rings. The molecule has 0 saturated carbocycles. The lowest BCUT2D eigenvalue weighted by atomic mass is 10.4. The van der Waals surface area contributed by atoms with Gasteiger partial charge in [-0.2, -0.15) is 0 Å². The van der Waals surface area contributed by atoms with Gasteiger partial charge in [0, 0.05) is 5.22 Å². The molecule has 0 aliphatic carbocycles. The minimum absolute atomic E-state index is 0.716. The second-order valence-corrected chi connectivity index (χ2v) is 3.15. The highest BCUT2D eigenvalue weighted by molar-refractivity contribution is 7.07. The summed E-state index contributed by atoms with van der Waals surface area (Å²) in [6.07, 6.45) is 0.355. The lowest BCUT2D eigenvalue weighted by Crippen LogP contribution is -2.32.